The van der Waals surface area contributed by atoms with Crippen molar-refractivity contribution in [2.24, 2.45) is 0 Å². The van der Waals surface area contributed by atoms with Gasteiger partial charge in [-0.1, -0.05) is 20.3 Å². The molecule has 2 N–H and O–H groups in total. The van der Waals surface area contributed by atoms with Gasteiger partial charge >= 0.3 is 0 Å². The zero-order chi connectivity index (χ0) is 9.68. The number of nitrogens with one attached hydrogen (secondary N) is 1. The molecule has 3 nitrogen and oxygen atoms in total. The van der Waals surface area contributed by atoms with Gasteiger partial charge in [-0.25, -0.2) is 4.98 Å². The summed E-state index contributed by atoms with van der Waals surface area (Å²) in [5.41, 5.74) is 1.17. The van der Waals surface area contributed by atoms with E-state index in [1.807, 2.05) is 6.20 Å². The van der Waals surface area contributed by atoms with E-state index in [1.165, 1.54) is 5.69 Å². The van der Waals surface area contributed by atoms with Gasteiger partial charge in [-0.05, 0) is 12.8 Å². The van der Waals surface area contributed by atoms with Gasteiger partial charge < -0.3 is 10.1 Å². The Morgan fingerprint density at radius 2 is 2.31 bits per heavy atom. The van der Waals surface area contributed by atoms with E-state index in [0.717, 1.165) is 25.1 Å². The lowest BCUT2D eigenvalue weighted by molar-refractivity contribution is 0.258. The minimum absolute atomic E-state index is 0.172. The maximum atomic E-state index is 9.06. The molecule has 0 saturated heterocycles. The summed E-state index contributed by atoms with van der Waals surface area (Å²) in [6.45, 7) is 4.38. The Kier molecular flexibility index (Phi) is 3.96. The van der Waals surface area contributed by atoms with Crippen LogP contribution in [0.3, 0.4) is 0 Å². The molecule has 1 heterocycles. The summed E-state index contributed by atoms with van der Waals surface area (Å²) in [5, 5.41) is 9.06. The van der Waals surface area contributed by atoms with Gasteiger partial charge in [0.05, 0.1) is 6.61 Å². The predicted octanol–water partition coefficient (Wildman–Crippen LogP) is 1.85. The van der Waals surface area contributed by atoms with Crippen LogP contribution in [0.15, 0.2) is 6.20 Å². The quantitative estimate of drug-likeness (QED) is 0.730. The van der Waals surface area contributed by atoms with Crippen molar-refractivity contribution >= 4 is 0 Å². The zero-order valence-electron chi connectivity index (χ0n) is 8.38. The first-order chi connectivity index (χ1) is 6.31. The number of H-pyrrole nitrogens is 1. The average Bonchev–Trinajstić information content (AvgIpc) is 2.56. The van der Waals surface area contributed by atoms with Crippen molar-refractivity contribution in [3.8, 4) is 0 Å². The molecule has 0 aliphatic heterocycles. The molecule has 13 heavy (non-hydrogen) atoms. The van der Waals surface area contributed by atoms with Gasteiger partial charge in [-0.3, -0.25) is 0 Å². The van der Waals surface area contributed by atoms with Gasteiger partial charge in [0, 0.05) is 17.8 Å². The number of hydrogen-bond acceptors (Lipinski definition) is 2. The number of aromatic amines is 1. The van der Waals surface area contributed by atoms with E-state index in [-0.39, 0.29) is 12.5 Å². The number of hydrogen-bond donors (Lipinski definition) is 2. The predicted molar refractivity (Wildman–Crippen MR) is 52.7 cm³/mol. The van der Waals surface area contributed by atoms with Crippen molar-refractivity contribution < 1.29 is 5.11 Å². The van der Waals surface area contributed by atoms with E-state index in [9.17, 15) is 0 Å². The lowest BCUT2D eigenvalue weighted by atomic mass is 10.1. The van der Waals surface area contributed by atoms with Gasteiger partial charge in [0.1, 0.15) is 5.82 Å². The van der Waals surface area contributed by atoms with E-state index in [2.05, 4.69) is 23.8 Å². The molecule has 0 bridgehead atoms. The van der Waals surface area contributed by atoms with Crippen molar-refractivity contribution in [1.82, 2.24) is 9.97 Å². The Balaban J connectivity index is 2.66. The SMILES string of the molecule is CCCc1cnc(C(CC)CO)[nH]1. The van der Waals surface area contributed by atoms with Crippen LogP contribution in [0.1, 0.15) is 44.1 Å². The topological polar surface area (TPSA) is 48.9 Å². The van der Waals surface area contributed by atoms with E-state index < -0.39 is 0 Å². The highest BCUT2D eigenvalue weighted by Gasteiger charge is 2.11. The molecule has 0 saturated carbocycles. The first-order valence-electron chi connectivity index (χ1n) is 4.96. The van der Waals surface area contributed by atoms with Crippen LogP contribution in [0, 0.1) is 0 Å². The fourth-order valence-electron chi connectivity index (χ4n) is 1.39. The number of nitrogens with zero attached hydrogens (tertiary/aromatic N) is 1. The molecule has 1 unspecified atom stereocenters. The minimum Gasteiger partial charge on any atom is -0.396 e. The van der Waals surface area contributed by atoms with E-state index in [4.69, 9.17) is 5.11 Å². The molecular weight excluding hydrogens is 164 g/mol. The molecule has 1 rings (SSSR count). The number of aryl methyl sites for hydroxylation is 1. The molecular formula is C10H18N2O. The summed E-state index contributed by atoms with van der Waals surface area (Å²) < 4.78 is 0. The molecule has 3 heteroatoms. The maximum Gasteiger partial charge on any atom is 0.111 e. The van der Waals surface area contributed by atoms with Crippen LogP contribution in [0.25, 0.3) is 0 Å². The summed E-state index contributed by atoms with van der Waals surface area (Å²) in [7, 11) is 0. The summed E-state index contributed by atoms with van der Waals surface area (Å²) in [4.78, 5) is 7.51. The van der Waals surface area contributed by atoms with Crippen molar-refractivity contribution in [3.63, 3.8) is 0 Å². The van der Waals surface area contributed by atoms with Crippen LogP contribution in [0.2, 0.25) is 0 Å². The number of aliphatic hydroxyl groups excluding tert-OH is 1. The normalized spacial score (nSPS) is 13.2. The molecule has 0 fully saturated rings. The molecule has 1 aromatic heterocycles. The van der Waals surface area contributed by atoms with Crippen LogP contribution < -0.4 is 0 Å². The third-order valence-corrected chi connectivity index (χ3v) is 2.27. The standard InChI is InChI=1S/C10H18N2O/c1-3-5-9-6-11-10(12-9)8(4-2)7-13/h6,8,13H,3-5,7H2,1-2H3,(H,11,12). The average molecular weight is 182 g/mol. The van der Waals surface area contributed by atoms with Crippen molar-refractivity contribution in [2.45, 2.75) is 39.0 Å². The number of rotatable bonds is 5. The summed E-state index contributed by atoms with van der Waals surface area (Å²) in [5.74, 6) is 1.10. The zero-order valence-corrected chi connectivity index (χ0v) is 8.38. The van der Waals surface area contributed by atoms with Crippen LogP contribution in [-0.2, 0) is 6.42 Å². The summed E-state index contributed by atoms with van der Waals surface area (Å²) in [6.07, 6.45) is 4.96. The molecule has 0 aliphatic rings. The van der Waals surface area contributed by atoms with Crippen molar-refractivity contribution in [1.29, 1.82) is 0 Å². The molecule has 1 atom stereocenters. The Morgan fingerprint density at radius 3 is 2.85 bits per heavy atom. The van der Waals surface area contributed by atoms with Gasteiger partial charge in [-0.15, -0.1) is 0 Å². The Hall–Kier alpha value is -0.830. The van der Waals surface area contributed by atoms with E-state index in [1.54, 1.807) is 0 Å². The summed E-state index contributed by atoms with van der Waals surface area (Å²) in [6, 6.07) is 0. The largest absolute Gasteiger partial charge is 0.396 e. The highest BCUT2D eigenvalue weighted by molar-refractivity contribution is 5.05. The second kappa shape index (κ2) is 5.02. The first-order valence-corrected chi connectivity index (χ1v) is 4.96. The molecule has 1 aromatic rings. The summed E-state index contributed by atoms with van der Waals surface area (Å²) >= 11 is 0. The van der Waals surface area contributed by atoms with Gasteiger partial charge in [0.15, 0.2) is 0 Å². The lowest BCUT2D eigenvalue weighted by Gasteiger charge is -2.06. The Morgan fingerprint density at radius 1 is 1.54 bits per heavy atom. The molecule has 0 spiro atoms. The maximum absolute atomic E-state index is 9.06. The monoisotopic (exact) mass is 182 g/mol. The molecule has 0 aromatic carbocycles. The second-order valence-corrected chi connectivity index (χ2v) is 3.33. The smallest absolute Gasteiger partial charge is 0.111 e. The fourth-order valence-corrected chi connectivity index (χ4v) is 1.39. The number of imidazole rings is 1. The Labute approximate surface area is 79.2 Å². The second-order valence-electron chi connectivity index (χ2n) is 3.33. The van der Waals surface area contributed by atoms with Gasteiger partial charge in [0.2, 0.25) is 0 Å². The van der Waals surface area contributed by atoms with Crippen LogP contribution in [-0.4, -0.2) is 21.7 Å². The number of aromatic nitrogens is 2. The van der Waals surface area contributed by atoms with Crippen LogP contribution >= 0.6 is 0 Å². The first kappa shape index (κ1) is 10.3. The third-order valence-electron chi connectivity index (χ3n) is 2.27. The van der Waals surface area contributed by atoms with Crippen LogP contribution in [0.5, 0.6) is 0 Å². The van der Waals surface area contributed by atoms with Crippen molar-refractivity contribution in [2.75, 3.05) is 6.61 Å². The Bertz CT molecular complexity index is 241. The van der Waals surface area contributed by atoms with Gasteiger partial charge in [-0.2, -0.15) is 0 Å². The third kappa shape index (κ3) is 2.56. The minimum atomic E-state index is 0.172. The molecule has 0 radical (unpaired) electrons. The van der Waals surface area contributed by atoms with E-state index >= 15 is 0 Å². The van der Waals surface area contributed by atoms with E-state index in [0.29, 0.717) is 0 Å². The molecule has 74 valence electrons. The number of aliphatic hydroxyl groups is 1. The highest BCUT2D eigenvalue weighted by atomic mass is 16.3. The van der Waals surface area contributed by atoms with Gasteiger partial charge in [0.25, 0.3) is 0 Å². The van der Waals surface area contributed by atoms with Crippen LogP contribution in [0.4, 0.5) is 0 Å². The molecule has 0 amide bonds. The molecule has 0 aliphatic carbocycles. The lowest BCUT2D eigenvalue weighted by Crippen LogP contribution is -2.04. The van der Waals surface area contributed by atoms with Crippen molar-refractivity contribution in [3.05, 3.63) is 17.7 Å². The highest BCUT2D eigenvalue weighted by Crippen LogP contribution is 2.15. The fraction of sp³-hybridized carbons (Fsp3) is 0.700.